The molecular formula is C17H19N3O3. The van der Waals surface area contributed by atoms with Crippen LogP contribution >= 0.6 is 0 Å². The summed E-state index contributed by atoms with van der Waals surface area (Å²) in [5.74, 6) is 5.15. The lowest BCUT2D eigenvalue weighted by molar-refractivity contribution is -0.143. The normalized spacial score (nSPS) is 9.96. The van der Waals surface area contributed by atoms with Crippen molar-refractivity contribution >= 4 is 12.0 Å². The lowest BCUT2D eigenvalue weighted by Crippen LogP contribution is -2.45. The molecule has 23 heavy (non-hydrogen) atoms. The number of hydrogen-bond acceptors (Lipinski definition) is 4. The van der Waals surface area contributed by atoms with Crippen molar-refractivity contribution < 1.29 is 14.3 Å². The molecule has 0 aliphatic rings. The molecule has 0 bridgehead atoms. The number of nitrogens with one attached hydrogen (secondary N) is 1. The Morgan fingerprint density at radius 3 is 2.13 bits per heavy atom. The maximum atomic E-state index is 11.8. The number of nitrogens with two attached hydrogens (primary N) is 1. The molecule has 0 heterocycles. The van der Waals surface area contributed by atoms with Gasteiger partial charge in [-0.2, -0.15) is 0 Å². The summed E-state index contributed by atoms with van der Waals surface area (Å²) in [5, 5.41) is 3.44. The molecule has 2 aromatic rings. The van der Waals surface area contributed by atoms with E-state index in [2.05, 4.69) is 5.32 Å². The third-order valence-corrected chi connectivity index (χ3v) is 3.08. The molecule has 120 valence electrons. The molecule has 0 unspecified atom stereocenters. The number of carbonyl (C=O) groups excluding carboxylic acids is 2. The van der Waals surface area contributed by atoms with Gasteiger partial charge in [0.15, 0.2) is 0 Å². The molecule has 0 fully saturated rings. The molecule has 0 aliphatic carbocycles. The van der Waals surface area contributed by atoms with Gasteiger partial charge in [0.25, 0.3) is 0 Å². The first-order valence-corrected chi connectivity index (χ1v) is 7.18. The van der Waals surface area contributed by atoms with E-state index in [1.165, 1.54) is 0 Å². The number of nitrogens with zero attached hydrogens (tertiary/aromatic N) is 1. The van der Waals surface area contributed by atoms with Crippen molar-refractivity contribution in [2.45, 2.75) is 13.2 Å². The number of carbonyl (C=O) groups is 2. The number of urea groups is 1. The van der Waals surface area contributed by atoms with Gasteiger partial charge in [0, 0.05) is 0 Å². The van der Waals surface area contributed by atoms with Gasteiger partial charge in [0.05, 0.1) is 6.54 Å². The Kier molecular flexibility index (Phi) is 6.14. The highest BCUT2D eigenvalue weighted by molar-refractivity contribution is 5.80. The molecule has 6 nitrogen and oxygen atoms in total. The van der Waals surface area contributed by atoms with Crippen molar-refractivity contribution in [2.24, 2.45) is 5.84 Å². The average molecular weight is 313 g/mol. The highest BCUT2D eigenvalue weighted by Gasteiger charge is 2.12. The van der Waals surface area contributed by atoms with Gasteiger partial charge in [0.1, 0.15) is 13.2 Å². The Morgan fingerprint density at radius 2 is 1.52 bits per heavy atom. The lowest BCUT2D eigenvalue weighted by Gasteiger charge is -2.17. The number of benzene rings is 2. The molecule has 2 aromatic carbocycles. The summed E-state index contributed by atoms with van der Waals surface area (Å²) in [6.45, 7) is 0.200. The second-order valence-electron chi connectivity index (χ2n) is 4.92. The topological polar surface area (TPSA) is 84.7 Å². The summed E-state index contributed by atoms with van der Waals surface area (Å²) < 4.78 is 5.06. The zero-order valence-corrected chi connectivity index (χ0v) is 12.6. The monoisotopic (exact) mass is 313 g/mol. The summed E-state index contributed by atoms with van der Waals surface area (Å²) in [7, 11) is 0. The summed E-state index contributed by atoms with van der Waals surface area (Å²) in [4.78, 5) is 23.4. The third-order valence-electron chi connectivity index (χ3n) is 3.08. The van der Waals surface area contributed by atoms with Crippen LogP contribution in [0.5, 0.6) is 0 Å². The molecule has 0 radical (unpaired) electrons. The highest BCUT2D eigenvalue weighted by Crippen LogP contribution is 2.02. The zero-order chi connectivity index (χ0) is 16.5. The van der Waals surface area contributed by atoms with Gasteiger partial charge in [-0.15, -0.1) is 0 Å². The maximum absolute atomic E-state index is 11.8. The molecule has 0 saturated carbocycles. The summed E-state index contributed by atoms with van der Waals surface area (Å²) in [6.07, 6.45) is 0. The molecule has 0 saturated heterocycles. The minimum absolute atomic E-state index is 0.173. The summed E-state index contributed by atoms with van der Waals surface area (Å²) >= 11 is 0. The van der Waals surface area contributed by atoms with Crippen LogP contribution in [0, 0.1) is 0 Å². The summed E-state index contributed by atoms with van der Waals surface area (Å²) in [5.41, 5.74) is 1.79. The van der Waals surface area contributed by atoms with Crippen molar-refractivity contribution in [1.29, 1.82) is 0 Å². The fourth-order valence-corrected chi connectivity index (χ4v) is 1.89. The van der Waals surface area contributed by atoms with Crippen LogP contribution in [-0.2, 0) is 22.7 Å². The molecule has 2 amide bonds. The molecule has 2 rings (SSSR count). The molecule has 0 aliphatic heterocycles. The minimum atomic E-state index is -0.537. The van der Waals surface area contributed by atoms with E-state index in [1.807, 2.05) is 60.7 Å². The minimum Gasteiger partial charge on any atom is -0.460 e. The molecule has 0 atom stereocenters. The number of hydrogen-bond donors (Lipinski definition) is 2. The predicted molar refractivity (Wildman–Crippen MR) is 85.8 cm³/mol. The first-order chi connectivity index (χ1) is 11.1. The van der Waals surface area contributed by atoms with E-state index in [-0.39, 0.29) is 19.7 Å². The number of ether oxygens (including phenoxy) is 1. The van der Waals surface area contributed by atoms with Gasteiger partial charge in [-0.1, -0.05) is 60.7 Å². The van der Waals surface area contributed by atoms with E-state index in [0.717, 1.165) is 16.1 Å². The Balaban J connectivity index is 1.70. The van der Waals surface area contributed by atoms with E-state index in [0.29, 0.717) is 0 Å². The standard InChI is InChI=1S/C17H19N3O3/c18-20(12-14-7-3-1-4-8-14)17(22)19-11-16(21)23-13-15-9-5-2-6-10-15/h1-10H,11-13,18H2,(H,19,22). The highest BCUT2D eigenvalue weighted by atomic mass is 16.5. The van der Waals surface area contributed by atoms with E-state index in [4.69, 9.17) is 10.6 Å². The van der Waals surface area contributed by atoms with E-state index in [1.54, 1.807) is 0 Å². The van der Waals surface area contributed by atoms with E-state index in [9.17, 15) is 9.59 Å². The van der Waals surface area contributed by atoms with Crippen LogP contribution in [0.4, 0.5) is 4.79 Å². The van der Waals surface area contributed by atoms with Crippen LogP contribution < -0.4 is 11.2 Å². The largest absolute Gasteiger partial charge is 0.460 e. The number of rotatable bonds is 6. The maximum Gasteiger partial charge on any atom is 0.332 e. The fourth-order valence-electron chi connectivity index (χ4n) is 1.89. The first kappa shape index (κ1) is 16.5. The second kappa shape index (κ2) is 8.55. The van der Waals surface area contributed by atoms with Gasteiger partial charge >= 0.3 is 12.0 Å². The lowest BCUT2D eigenvalue weighted by atomic mass is 10.2. The smallest absolute Gasteiger partial charge is 0.332 e. The third kappa shape index (κ3) is 5.80. The Bertz CT molecular complexity index is 632. The zero-order valence-electron chi connectivity index (χ0n) is 12.6. The molecular weight excluding hydrogens is 294 g/mol. The average Bonchev–Trinajstić information content (AvgIpc) is 2.59. The first-order valence-electron chi connectivity index (χ1n) is 7.18. The van der Waals surface area contributed by atoms with Crippen LogP contribution in [0.3, 0.4) is 0 Å². The van der Waals surface area contributed by atoms with Crippen molar-refractivity contribution in [3.05, 3.63) is 71.8 Å². The Hall–Kier alpha value is -2.86. The van der Waals surface area contributed by atoms with Crippen molar-refractivity contribution in [1.82, 2.24) is 10.3 Å². The van der Waals surface area contributed by atoms with E-state index < -0.39 is 12.0 Å². The molecule has 3 N–H and O–H groups in total. The predicted octanol–water partition coefficient (Wildman–Crippen LogP) is 1.82. The van der Waals surface area contributed by atoms with Crippen LogP contribution in [0.1, 0.15) is 11.1 Å². The summed E-state index contributed by atoms with van der Waals surface area (Å²) in [6, 6.07) is 18.1. The number of amides is 2. The quantitative estimate of drug-likeness (QED) is 0.369. The van der Waals surface area contributed by atoms with Crippen LogP contribution in [0.15, 0.2) is 60.7 Å². The van der Waals surface area contributed by atoms with Crippen LogP contribution in [-0.4, -0.2) is 23.6 Å². The van der Waals surface area contributed by atoms with Gasteiger partial charge in [-0.3, -0.25) is 9.80 Å². The van der Waals surface area contributed by atoms with Crippen LogP contribution in [0.25, 0.3) is 0 Å². The Morgan fingerprint density at radius 1 is 0.957 bits per heavy atom. The van der Waals surface area contributed by atoms with Crippen LogP contribution in [0.2, 0.25) is 0 Å². The van der Waals surface area contributed by atoms with Gasteiger partial charge in [0.2, 0.25) is 0 Å². The van der Waals surface area contributed by atoms with Crippen molar-refractivity contribution in [3.8, 4) is 0 Å². The number of esters is 1. The van der Waals surface area contributed by atoms with Gasteiger partial charge < -0.3 is 10.1 Å². The van der Waals surface area contributed by atoms with Crippen molar-refractivity contribution in [2.75, 3.05) is 6.54 Å². The second-order valence-corrected chi connectivity index (χ2v) is 4.92. The molecule has 0 spiro atoms. The fraction of sp³-hybridized carbons (Fsp3) is 0.176. The van der Waals surface area contributed by atoms with Crippen molar-refractivity contribution in [3.63, 3.8) is 0 Å². The van der Waals surface area contributed by atoms with Gasteiger partial charge in [-0.25, -0.2) is 10.6 Å². The number of hydrazine groups is 1. The Labute approximate surface area is 134 Å². The molecule has 6 heteroatoms. The van der Waals surface area contributed by atoms with E-state index >= 15 is 0 Å². The van der Waals surface area contributed by atoms with Gasteiger partial charge in [-0.05, 0) is 11.1 Å². The SMILES string of the molecule is NN(Cc1ccccc1)C(=O)NCC(=O)OCc1ccccc1. The molecule has 0 aromatic heterocycles.